The number of nitrogens with one attached hydrogen (secondary N) is 1. The first kappa shape index (κ1) is 17.7. The molecular formula is C20H20N2O4. The lowest BCUT2D eigenvalue weighted by Gasteiger charge is -2.17. The first-order valence-corrected chi connectivity index (χ1v) is 8.23. The van der Waals surface area contributed by atoms with Gasteiger partial charge in [-0.05, 0) is 37.1 Å². The third-order valence-corrected chi connectivity index (χ3v) is 4.26. The zero-order valence-electron chi connectivity index (χ0n) is 14.6. The molecule has 0 spiro atoms. The average Bonchev–Trinajstić information content (AvgIpc) is 2.99. The van der Waals surface area contributed by atoms with E-state index in [0.29, 0.717) is 12.4 Å². The van der Waals surface area contributed by atoms with Crippen molar-refractivity contribution in [2.45, 2.75) is 26.4 Å². The molecule has 0 fully saturated rings. The molecule has 1 aromatic heterocycles. The first-order valence-electron chi connectivity index (χ1n) is 8.23. The molecule has 0 aliphatic rings. The molecule has 1 unspecified atom stereocenters. The van der Waals surface area contributed by atoms with Crippen molar-refractivity contribution < 1.29 is 19.3 Å². The van der Waals surface area contributed by atoms with Crippen LogP contribution in [0.25, 0.3) is 0 Å². The van der Waals surface area contributed by atoms with E-state index in [1.807, 2.05) is 62.4 Å². The topological polar surface area (TPSA) is 84.6 Å². The summed E-state index contributed by atoms with van der Waals surface area (Å²) in [6.45, 7) is 4.03. The van der Waals surface area contributed by atoms with Crippen LogP contribution in [0.4, 0.5) is 0 Å². The summed E-state index contributed by atoms with van der Waals surface area (Å²) >= 11 is 0. The summed E-state index contributed by atoms with van der Waals surface area (Å²) in [5.74, 6) is 0.206. The fraction of sp³-hybridized carbons (Fsp3) is 0.200. The zero-order valence-corrected chi connectivity index (χ0v) is 14.6. The van der Waals surface area contributed by atoms with Crippen molar-refractivity contribution in [1.29, 1.82) is 0 Å². The van der Waals surface area contributed by atoms with E-state index in [1.54, 1.807) is 11.5 Å². The highest BCUT2D eigenvalue weighted by Crippen LogP contribution is 2.28. The van der Waals surface area contributed by atoms with E-state index in [4.69, 9.17) is 14.5 Å². The summed E-state index contributed by atoms with van der Waals surface area (Å²) in [6, 6.07) is 16.5. The molecule has 0 saturated heterocycles. The highest BCUT2D eigenvalue weighted by atomic mass is 16.5. The SMILES string of the molecule is Cc1noc(C)c1COc1cccc(C(C(=O)NO)c2ccccc2)c1. The smallest absolute Gasteiger partial charge is 0.255 e. The molecule has 0 aliphatic heterocycles. The van der Waals surface area contributed by atoms with Crippen LogP contribution in [0, 0.1) is 13.8 Å². The van der Waals surface area contributed by atoms with E-state index in [0.717, 1.165) is 28.1 Å². The van der Waals surface area contributed by atoms with Gasteiger partial charge in [-0.2, -0.15) is 0 Å². The Morgan fingerprint density at radius 3 is 2.54 bits per heavy atom. The maximum absolute atomic E-state index is 12.2. The van der Waals surface area contributed by atoms with Crippen molar-refractivity contribution in [3.05, 3.63) is 82.7 Å². The predicted octanol–water partition coefficient (Wildman–Crippen LogP) is 3.51. The number of aryl methyl sites for hydroxylation is 2. The van der Waals surface area contributed by atoms with Crippen LogP contribution in [0.1, 0.15) is 34.1 Å². The van der Waals surface area contributed by atoms with Crippen molar-refractivity contribution in [2.75, 3.05) is 0 Å². The highest BCUT2D eigenvalue weighted by molar-refractivity contribution is 5.86. The number of hydrogen-bond acceptors (Lipinski definition) is 5. The second kappa shape index (κ2) is 7.84. The molecule has 0 bridgehead atoms. The molecule has 0 aliphatic carbocycles. The van der Waals surface area contributed by atoms with Gasteiger partial charge in [0.2, 0.25) is 0 Å². The van der Waals surface area contributed by atoms with Crippen LogP contribution in [-0.4, -0.2) is 16.3 Å². The number of ether oxygens (including phenoxy) is 1. The number of amides is 1. The van der Waals surface area contributed by atoms with Crippen LogP contribution in [0.2, 0.25) is 0 Å². The summed E-state index contributed by atoms with van der Waals surface area (Å²) in [5, 5.41) is 13.1. The van der Waals surface area contributed by atoms with Crippen LogP contribution >= 0.6 is 0 Å². The van der Waals surface area contributed by atoms with Crippen molar-refractivity contribution in [3.63, 3.8) is 0 Å². The Kier molecular flexibility index (Phi) is 5.34. The molecule has 134 valence electrons. The van der Waals surface area contributed by atoms with Gasteiger partial charge in [-0.15, -0.1) is 0 Å². The maximum Gasteiger partial charge on any atom is 0.255 e. The molecular weight excluding hydrogens is 332 g/mol. The molecule has 2 N–H and O–H groups in total. The number of aromatic nitrogens is 1. The van der Waals surface area contributed by atoms with Crippen molar-refractivity contribution in [1.82, 2.24) is 10.6 Å². The Morgan fingerprint density at radius 1 is 1.15 bits per heavy atom. The van der Waals surface area contributed by atoms with Crippen LogP contribution in [-0.2, 0) is 11.4 Å². The molecule has 0 saturated carbocycles. The third-order valence-electron chi connectivity index (χ3n) is 4.26. The highest BCUT2D eigenvalue weighted by Gasteiger charge is 2.22. The lowest BCUT2D eigenvalue weighted by Crippen LogP contribution is -2.27. The minimum atomic E-state index is -0.635. The van der Waals surface area contributed by atoms with Crippen molar-refractivity contribution in [2.24, 2.45) is 0 Å². The minimum Gasteiger partial charge on any atom is -0.489 e. The van der Waals surface area contributed by atoms with Gasteiger partial charge in [-0.1, -0.05) is 47.6 Å². The summed E-state index contributed by atoms with van der Waals surface area (Å²) < 4.78 is 11.0. The molecule has 1 atom stereocenters. The number of carbonyl (C=O) groups is 1. The number of nitrogens with zero attached hydrogens (tertiary/aromatic N) is 1. The third kappa shape index (κ3) is 3.75. The monoisotopic (exact) mass is 352 g/mol. The standard InChI is InChI=1S/C20H20N2O4/c1-13-18(14(2)26-22-13)12-25-17-10-6-9-16(11-17)19(20(23)21-24)15-7-4-3-5-8-15/h3-11,19,24H,12H2,1-2H3,(H,21,23). The van der Waals surface area contributed by atoms with Gasteiger partial charge in [0.15, 0.2) is 0 Å². The normalized spacial score (nSPS) is 11.8. The number of hydrogen-bond donors (Lipinski definition) is 2. The van der Waals surface area contributed by atoms with E-state index in [9.17, 15) is 4.79 Å². The summed E-state index contributed by atoms with van der Waals surface area (Å²) in [4.78, 5) is 12.2. The molecule has 0 radical (unpaired) electrons. The lowest BCUT2D eigenvalue weighted by atomic mass is 9.90. The lowest BCUT2D eigenvalue weighted by molar-refractivity contribution is -0.129. The second-order valence-electron chi connectivity index (χ2n) is 5.98. The van der Waals surface area contributed by atoms with E-state index in [1.165, 1.54) is 0 Å². The van der Waals surface area contributed by atoms with Crippen molar-refractivity contribution >= 4 is 5.91 Å². The van der Waals surface area contributed by atoms with Gasteiger partial charge in [0, 0.05) is 0 Å². The molecule has 1 amide bonds. The number of carbonyl (C=O) groups excluding carboxylic acids is 1. The zero-order chi connectivity index (χ0) is 18.5. The van der Waals surface area contributed by atoms with Gasteiger partial charge < -0.3 is 9.26 Å². The van der Waals surface area contributed by atoms with Crippen LogP contribution in [0.5, 0.6) is 5.75 Å². The average molecular weight is 352 g/mol. The van der Waals surface area contributed by atoms with E-state index < -0.39 is 11.8 Å². The van der Waals surface area contributed by atoms with Gasteiger partial charge in [-0.25, -0.2) is 5.48 Å². The Hall–Kier alpha value is -3.12. The van der Waals surface area contributed by atoms with Gasteiger partial charge in [0.05, 0.1) is 17.2 Å². The number of benzene rings is 2. The van der Waals surface area contributed by atoms with Crippen LogP contribution < -0.4 is 10.2 Å². The van der Waals surface area contributed by atoms with E-state index in [-0.39, 0.29) is 0 Å². The molecule has 6 nitrogen and oxygen atoms in total. The second-order valence-corrected chi connectivity index (χ2v) is 5.98. The Bertz CT molecular complexity index is 870. The quantitative estimate of drug-likeness (QED) is 0.524. The summed E-state index contributed by atoms with van der Waals surface area (Å²) in [6.07, 6.45) is 0. The molecule has 2 aromatic carbocycles. The summed E-state index contributed by atoms with van der Waals surface area (Å²) in [7, 11) is 0. The largest absolute Gasteiger partial charge is 0.489 e. The molecule has 26 heavy (non-hydrogen) atoms. The van der Waals surface area contributed by atoms with Gasteiger partial charge in [0.1, 0.15) is 18.1 Å². The van der Waals surface area contributed by atoms with Gasteiger partial charge in [-0.3, -0.25) is 10.0 Å². The van der Waals surface area contributed by atoms with Crippen molar-refractivity contribution in [3.8, 4) is 5.75 Å². The van der Waals surface area contributed by atoms with E-state index in [2.05, 4.69) is 5.16 Å². The molecule has 6 heteroatoms. The van der Waals surface area contributed by atoms with Gasteiger partial charge >= 0.3 is 0 Å². The van der Waals surface area contributed by atoms with E-state index >= 15 is 0 Å². The first-order chi connectivity index (χ1) is 12.6. The fourth-order valence-corrected chi connectivity index (χ4v) is 2.85. The maximum atomic E-state index is 12.2. The number of rotatable bonds is 6. The Balaban J connectivity index is 1.86. The minimum absolute atomic E-state index is 0.326. The van der Waals surface area contributed by atoms with Crippen LogP contribution in [0.15, 0.2) is 59.1 Å². The Morgan fingerprint density at radius 2 is 1.88 bits per heavy atom. The number of hydroxylamine groups is 1. The Labute approximate surface area is 151 Å². The molecule has 1 heterocycles. The molecule has 3 aromatic rings. The van der Waals surface area contributed by atoms with Gasteiger partial charge in [0.25, 0.3) is 5.91 Å². The van der Waals surface area contributed by atoms with Crippen LogP contribution in [0.3, 0.4) is 0 Å². The molecule has 3 rings (SSSR count). The fourth-order valence-electron chi connectivity index (χ4n) is 2.85. The predicted molar refractivity (Wildman–Crippen MR) is 95.0 cm³/mol. The summed E-state index contributed by atoms with van der Waals surface area (Å²) in [5.41, 5.74) is 4.95.